The molecule has 27 heavy (non-hydrogen) atoms. The number of nitrogens with one attached hydrogen (secondary N) is 1. The molecule has 0 amide bonds. The van der Waals surface area contributed by atoms with Crippen molar-refractivity contribution in [1.29, 1.82) is 0 Å². The van der Waals surface area contributed by atoms with E-state index in [4.69, 9.17) is 0 Å². The third-order valence-corrected chi connectivity index (χ3v) is 5.46. The minimum atomic E-state index is -4.87. The molecular formula is C18H13F6N3. The maximum absolute atomic E-state index is 13.5. The molecule has 0 radical (unpaired) electrons. The van der Waals surface area contributed by atoms with E-state index in [2.05, 4.69) is 5.32 Å². The van der Waals surface area contributed by atoms with Gasteiger partial charge >= 0.3 is 12.4 Å². The van der Waals surface area contributed by atoms with Crippen molar-refractivity contribution < 1.29 is 26.3 Å². The van der Waals surface area contributed by atoms with Gasteiger partial charge in [-0.1, -0.05) is 24.3 Å². The van der Waals surface area contributed by atoms with Gasteiger partial charge in [0.25, 0.3) is 0 Å². The smallest absolute Gasteiger partial charge is 0.330 e. The van der Waals surface area contributed by atoms with Crippen molar-refractivity contribution >= 4 is 11.4 Å². The maximum Gasteiger partial charge on any atom is 0.418 e. The van der Waals surface area contributed by atoms with Crippen LogP contribution in [0, 0.1) is 0 Å². The molecule has 0 saturated carbocycles. The third-order valence-electron chi connectivity index (χ3n) is 5.46. The number of benzene rings is 2. The van der Waals surface area contributed by atoms with Gasteiger partial charge in [0.2, 0.25) is 0 Å². The normalized spacial score (nSPS) is 23.3. The summed E-state index contributed by atoms with van der Waals surface area (Å²) in [4.78, 5) is 3.15. The van der Waals surface area contributed by atoms with Gasteiger partial charge in [-0.05, 0) is 23.3 Å². The molecule has 1 saturated heterocycles. The third kappa shape index (κ3) is 2.27. The van der Waals surface area contributed by atoms with Crippen molar-refractivity contribution in [2.24, 2.45) is 0 Å². The van der Waals surface area contributed by atoms with Gasteiger partial charge in [-0.3, -0.25) is 0 Å². The number of halogens is 6. The molecule has 3 aliphatic heterocycles. The van der Waals surface area contributed by atoms with E-state index >= 15 is 0 Å². The van der Waals surface area contributed by atoms with Crippen LogP contribution in [0.3, 0.4) is 0 Å². The Labute approximate surface area is 150 Å². The second-order valence-electron chi connectivity index (χ2n) is 6.94. The Bertz CT molecular complexity index is 936. The Morgan fingerprint density at radius 3 is 2.37 bits per heavy atom. The zero-order chi connectivity index (χ0) is 19.1. The minimum Gasteiger partial charge on any atom is -0.330 e. The number of nitrogens with zero attached hydrogens (tertiary/aromatic N) is 2. The molecule has 0 aromatic heterocycles. The van der Waals surface area contributed by atoms with Crippen LogP contribution in [0.5, 0.6) is 0 Å². The summed E-state index contributed by atoms with van der Waals surface area (Å²) in [7, 11) is 0. The number of fused-ring (bicyclic) bond motifs is 6. The van der Waals surface area contributed by atoms with E-state index in [9.17, 15) is 26.3 Å². The molecule has 2 bridgehead atoms. The summed E-state index contributed by atoms with van der Waals surface area (Å²) in [5.74, 6) is 0. The molecule has 3 aliphatic rings. The Morgan fingerprint density at radius 2 is 1.67 bits per heavy atom. The lowest BCUT2D eigenvalue weighted by Crippen LogP contribution is -2.63. The average molecular weight is 385 g/mol. The van der Waals surface area contributed by atoms with E-state index in [1.807, 2.05) is 24.3 Å². The van der Waals surface area contributed by atoms with Gasteiger partial charge in [0.15, 0.2) is 0 Å². The van der Waals surface area contributed by atoms with Crippen molar-refractivity contribution in [1.82, 2.24) is 5.32 Å². The Kier molecular flexibility index (Phi) is 3.16. The highest BCUT2D eigenvalue weighted by molar-refractivity contribution is 5.87. The highest BCUT2D eigenvalue weighted by Crippen LogP contribution is 2.57. The predicted molar refractivity (Wildman–Crippen MR) is 86.1 cm³/mol. The van der Waals surface area contributed by atoms with Gasteiger partial charge in [-0.2, -0.15) is 26.3 Å². The Balaban J connectivity index is 1.61. The number of anilines is 2. The molecule has 142 valence electrons. The van der Waals surface area contributed by atoms with Gasteiger partial charge < -0.3 is 15.1 Å². The van der Waals surface area contributed by atoms with Gasteiger partial charge in [-0.15, -0.1) is 0 Å². The molecular weight excluding hydrogens is 372 g/mol. The van der Waals surface area contributed by atoms with Crippen LogP contribution in [0.2, 0.25) is 0 Å². The summed E-state index contributed by atoms with van der Waals surface area (Å²) in [5, 5.41) is 3.28. The standard InChI is InChI=1S/C18H13F6N3/c19-17(20,21)10-5-12(18(22,23)24)15-13(6-10)26-8-27(15)16(26)14-11-4-2-1-3-9(11)7-25-14/h1-6,14,16,25H,7-8H2. The van der Waals surface area contributed by atoms with E-state index in [0.717, 1.165) is 17.2 Å². The topological polar surface area (TPSA) is 18.5 Å². The summed E-state index contributed by atoms with van der Waals surface area (Å²) in [6.07, 6.45) is -10.2. The van der Waals surface area contributed by atoms with Crippen molar-refractivity contribution in [2.45, 2.75) is 31.1 Å². The summed E-state index contributed by atoms with van der Waals surface area (Å²) in [5.41, 5.74) is -0.661. The molecule has 2 unspecified atom stereocenters. The molecule has 2 aromatic rings. The summed E-state index contributed by atoms with van der Waals surface area (Å²) < 4.78 is 80.0. The first-order valence-electron chi connectivity index (χ1n) is 8.33. The van der Waals surface area contributed by atoms with Gasteiger partial charge in [0.05, 0.1) is 35.2 Å². The van der Waals surface area contributed by atoms with E-state index in [0.29, 0.717) is 6.54 Å². The summed E-state index contributed by atoms with van der Waals surface area (Å²) in [6.45, 7) is 0.736. The van der Waals surface area contributed by atoms with E-state index in [1.54, 1.807) is 4.90 Å². The monoisotopic (exact) mass is 385 g/mol. The van der Waals surface area contributed by atoms with Crippen LogP contribution >= 0.6 is 0 Å². The van der Waals surface area contributed by atoms with Gasteiger partial charge in [0, 0.05) is 6.54 Å². The highest BCUT2D eigenvalue weighted by atomic mass is 19.4. The van der Waals surface area contributed by atoms with Crippen LogP contribution in [0.1, 0.15) is 28.3 Å². The molecule has 2 atom stereocenters. The van der Waals surface area contributed by atoms with E-state index in [-0.39, 0.29) is 30.2 Å². The SMILES string of the molecule is FC(F)(F)c1cc2c(c(C(F)(F)F)c1)N1CN2C1C1NCc2ccccc21. The molecule has 1 N–H and O–H groups in total. The molecule has 0 aliphatic carbocycles. The number of alkyl halides is 6. The highest BCUT2D eigenvalue weighted by Gasteiger charge is 2.55. The first-order chi connectivity index (χ1) is 12.7. The van der Waals surface area contributed by atoms with E-state index in [1.165, 1.54) is 4.90 Å². The molecule has 3 heterocycles. The van der Waals surface area contributed by atoms with Crippen LogP contribution in [-0.2, 0) is 18.9 Å². The average Bonchev–Trinajstić information content (AvgIpc) is 3.22. The number of hydrogen-bond acceptors (Lipinski definition) is 3. The second-order valence-corrected chi connectivity index (χ2v) is 6.94. The lowest BCUT2D eigenvalue weighted by Gasteiger charge is -2.47. The van der Waals surface area contributed by atoms with Crippen LogP contribution in [0.4, 0.5) is 37.7 Å². The van der Waals surface area contributed by atoms with Crippen molar-refractivity contribution in [2.75, 3.05) is 16.5 Å². The lowest BCUT2D eigenvalue weighted by molar-refractivity contribution is -0.142. The molecule has 9 heteroatoms. The molecule has 3 nitrogen and oxygen atoms in total. The maximum atomic E-state index is 13.5. The fourth-order valence-electron chi connectivity index (χ4n) is 4.30. The fourth-order valence-corrected chi connectivity index (χ4v) is 4.30. The van der Waals surface area contributed by atoms with Crippen LogP contribution in [-0.4, -0.2) is 12.8 Å². The first-order valence-corrected chi connectivity index (χ1v) is 8.33. The molecule has 5 rings (SSSR count). The Morgan fingerprint density at radius 1 is 0.926 bits per heavy atom. The fraction of sp³-hybridized carbons (Fsp3) is 0.333. The predicted octanol–water partition coefficient (Wildman–Crippen LogP) is 4.49. The molecule has 1 fully saturated rings. The van der Waals surface area contributed by atoms with E-state index < -0.39 is 29.6 Å². The minimum absolute atomic E-state index is 0.00617. The Hall–Kier alpha value is -2.42. The van der Waals surface area contributed by atoms with Crippen molar-refractivity contribution in [3.8, 4) is 0 Å². The number of rotatable bonds is 1. The van der Waals surface area contributed by atoms with Crippen LogP contribution < -0.4 is 15.1 Å². The van der Waals surface area contributed by atoms with Crippen molar-refractivity contribution in [3.05, 3.63) is 58.7 Å². The van der Waals surface area contributed by atoms with Crippen molar-refractivity contribution in [3.63, 3.8) is 0 Å². The summed E-state index contributed by atoms with van der Waals surface area (Å²) >= 11 is 0. The zero-order valence-electron chi connectivity index (χ0n) is 13.7. The summed E-state index contributed by atoms with van der Waals surface area (Å²) in [6, 6.07) is 8.34. The first kappa shape index (κ1) is 16.7. The molecule has 2 aromatic carbocycles. The largest absolute Gasteiger partial charge is 0.418 e. The number of hydrogen-bond donors (Lipinski definition) is 1. The molecule has 0 spiro atoms. The van der Waals surface area contributed by atoms with Gasteiger partial charge in [-0.25, -0.2) is 0 Å². The van der Waals surface area contributed by atoms with Crippen LogP contribution in [0.15, 0.2) is 36.4 Å². The quantitative estimate of drug-likeness (QED) is 0.730. The van der Waals surface area contributed by atoms with Crippen LogP contribution in [0.25, 0.3) is 0 Å². The second kappa shape index (κ2) is 5.09. The van der Waals surface area contributed by atoms with Gasteiger partial charge in [0.1, 0.15) is 6.17 Å². The lowest BCUT2D eigenvalue weighted by atomic mass is 10.0. The zero-order valence-corrected chi connectivity index (χ0v) is 13.7.